The third-order valence-electron chi connectivity index (χ3n) is 5.17. The summed E-state index contributed by atoms with van der Waals surface area (Å²) in [6.07, 6.45) is 1.26. The van der Waals surface area contributed by atoms with Crippen molar-refractivity contribution in [1.29, 1.82) is 0 Å². The Hall–Kier alpha value is -2.68. The van der Waals surface area contributed by atoms with E-state index >= 15 is 0 Å². The summed E-state index contributed by atoms with van der Waals surface area (Å²) < 4.78 is 5.83. The van der Waals surface area contributed by atoms with Gasteiger partial charge in [0.2, 0.25) is 11.8 Å². The van der Waals surface area contributed by atoms with Crippen LogP contribution < -0.4 is 10.6 Å². The summed E-state index contributed by atoms with van der Waals surface area (Å²) in [6, 6.07) is 0. The number of hydrogen-bond acceptors (Lipinski definition) is 5. The van der Waals surface area contributed by atoms with Crippen LogP contribution in [-0.4, -0.2) is 59.3 Å². The highest BCUT2D eigenvalue weighted by Crippen LogP contribution is 2.37. The average Bonchev–Trinajstić information content (AvgIpc) is 2.68. The van der Waals surface area contributed by atoms with Gasteiger partial charge in [-0.25, -0.2) is 0 Å². The SMILES string of the molecule is C=CCNC(=O)C(C)C(C(=O)O)C1CC(C(=O)NCC=C)C(C(=O)O)C(CC)O1. The largest absolute Gasteiger partial charge is 0.481 e. The van der Waals surface area contributed by atoms with E-state index in [2.05, 4.69) is 23.8 Å². The molecule has 9 nitrogen and oxygen atoms in total. The number of rotatable bonds is 11. The van der Waals surface area contributed by atoms with Crippen molar-refractivity contribution >= 4 is 23.8 Å². The molecule has 0 saturated carbocycles. The lowest BCUT2D eigenvalue weighted by Gasteiger charge is -2.42. The molecule has 1 fully saturated rings. The lowest BCUT2D eigenvalue weighted by Crippen LogP contribution is -2.54. The number of ether oxygens (including phenoxy) is 1. The Kier molecular flexibility index (Phi) is 9.54. The molecule has 0 aromatic rings. The zero-order valence-electron chi connectivity index (χ0n) is 16.8. The molecule has 1 aliphatic rings. The van der Waals surface area contributed by atoms with Crippen molar-refractivity contribution in [2.75, 3.05) is 13.1 Å². The molecule has 0 spiro atoms. The zero-order valence-corrected chi connectivity index (χ0v) is 16.8. The van der Waals surface area contributed by atoms with Crippen LogP contribution in [0.15, 0.2) is 25.3 Å². The number of carbonyl (C=O) groups excluding carboxylic acids is 2. The summed E-state index contributed by atoms with van der Waals surface area (Å²) >= 11 is 0. The fourth-order valence-corrected chi connectivity index (χ4v) is 3.70. The van der Waals surface area contributed by atoms with Gasteiger partial charge in [-0.05, 0) is 12.8 Å². The molecule has 1 aliphatic heterocycles. The molecule has 4 N–H and O–H groups in total. The van der Waals surface area contributed by atoms with Crippen LogP contribution in [0.2, 0.25) is 0 Å². The number of nitrogens with one attached hydrogen (secondary N) is 2. The first-order valence-electron chi connectivity index (χ1n) is 9.57. The van der Waals surface area contributed by atoms with Crippen LogP contribution in [-0.2, 0) is 23.9 Å². The summed E-state index contributed by atoms with van der Waals surface area (Å²) in [4.78, 5) is 48.7. The number of amides is 2. The molecular formula is C20H30N2O7. The molecule has 0 aromatic heterocycles. The summed E-state index contributed by atoms with van der Waals surface area (Å²) in [5.41, 5.74) is 0. The predicted molar refractivity (Wildman–Crippen MR) is 105 cm³/mol. The summed E-state index contributed by atoms with van der Waals surface area (Å²) in [6.45, 7) is 10.5. The number of hydrogen-bond donors (Lipinski definition) is 4. The standard InChI is InChI=1S/C20H30N2O7/c1-5-8-21-17(23)11(4)15(19(25)26)14-10-12(18(24)22-9-6-2)16(20(27)28)13(7-3)29-14/h5-6,11-16H,1-2,7-10H2,3-4H3,(H,21,23)(H,22,24)(H,25,26)(H,27,28). The van der Waals surface area contributed by atoms with E-state index in [0.717, 1.165) is 0 Å². The quantitative estimate of drug-likeness (QED) is 0.369. The van der Waals surface area contributed by atoms with E-state index in [0.29, 0.717) is 0 Å². The maximum absolute atomic E-state index is 12.6. The predicted octanol–water partition coefficient (Wildman–Crippen LogP) is 0.812. The molecule has 2 amide bonds. The van der Waals surface area contributed by atoms with E-state index in [-0.39, 0.29) is 25.9 Å². The van der Waals surface area contributed by atoms with Gasteiger partial charge in [0, 0.05) is 13.1 Å². The van der Waals surface area contributed by atoms with Gasteiger partial charge in [0.05, 0.1) is 35.9 Å². The van der Waals surface area contributed by atoms with Gasteiger partial charge in [-0.2, -0.15) is 0 Å². The minimum absolute atomic E-state index is 0.119. The molecule has 6 unspecified atom stereocenters. The van der Waals surface area contributed by atoms with Crippen LogP contribution in [0.3, 0.4) is 0 Å². The number of carboxylic acids is 2. The molecule has 9 heteroatoms. The van der Waals surface area contributed by atoms with Gasteiger partial charge < -0.3 is 25.6 Å². The highest BCUT2D eigenvalue weighted by molar-refractivity contribution is 5.87. The molecule has 162 valence electrons. The van der Waals surface area contributed by atoms with E-state index in [1.807, 2.05) is 0 Å². The molecule has 0 aromatic carbocycles. The fourth-order valence-electron chi connectivity index (χ4n) is 3.70. The summed E-state index contributed by atoms with van der Waals surface area (Å²) in [5.74, 6) is -7.70. The van der Waals surface area contributed by atoms with Gasteiger partial charge in [-0.3, -0.25) is 19.2 Å². The molecule has 29 heavy (non-hydrogen) atoms. The van der Waals surface area contributed by atoms with Crippen molar-refractivity contribution in [3.63, 3.8) is 0 Å². The van der Waals surface area contributed by atoms with Crippen molar-refractivity contribution in [3.8, 4) is 0 Å². The van der Waals surface area contributed by atoms with E-state index in [4.69, 9.17) is 4.74 Å². The number of carboxylic acid groups (broad SMARTS) is 2. The Morgan fingerprint density at radius 1 is 1.14 bits per heavy atom. The Bertz CT molecular complexity index is 649. The third kappa shape index (κ3) is 6.15. The van der Waals surface area contributed by atoms with Crippen LogP contribution in [0.4, 0.5) is 0 Å². The van der Waals surface area contributed by atoms with Gasteiger partial charge in [0.25, 0.3) is 0 Å². The fraction of sp³-hybridized carbons (Fsp3) is 0.600. The van der Waals surface area contributed by atoms with Gasteiger partial charge in [-0.15, -0.1) is 13.2 Å². The Morgan fingerprint density at radius 2 is 1.72 bits per heavy atom. The summed E-state index contributed by atoms with van der Waals surface area (Å²) in [7, 11) is 0. The highest BCUT2D eigenvalue weighted by Gasteiger charge is 2.50. The first-order chi connectivity index (χ1) is 13.7. The van der Waals surface area contributed by atoms with Crippen LogP contribution in [0.1, 0.15) is 26.7 Å². The van der Waals surface area contributed by atoms with Crippen LogP contribution in [0, 0.1) is 23.7 Å². The first kappa shape index (κ1) is 24.4. The van der Waals surface area contributed by atoms with Gasteiger partial charge >= 0.3 is 11.9 Å². The minimum atomic E-state index is -1.25. The minimum Gasteiger partial charge on any atom is -0.481 e. The first-order valence-corrected chi connectivity index (χ1v) is 9.57. The third-order valence-corrected chi connectivity index (χ3v) is 5.17. The average molecular weight is 410 g/mol. The van der Waals surface area contributed by atoms with Crippen LogP contribution >= 0.6 is 0 Å². The van der Waals surface area contributed by atoms with Crippen molar-refractivity contribution in [1.82, 2.24) is 10.6 Å². The number of aliphatic carboxylic acids is 2. The van der Waals surface area contributed by atoms with E-state index in [1.54, 1.807) is 6.92 Å². The molecule has 0 radical (unpaired) electrons. The van der Waals surface area contributed by atoms with Crippen molar-refractivity contribution < 1.29 is 34.1 Å². The molecule has 1 heterocycles. The summed E-state index contributed by atoms with van der Waals surface area (Å²) in [5, 5.41) is 24.6. The van der Waals surface area contributed by atoms with Gasteiger partial charge in [0.15, 0.2) is 0 Å². The van der Waals surface area contributed by atoms with E-state index in [9.17, 15) is 29.4 Å². The van der Waals surface area contributed by atoms with Crippen molar-refractivity contribution in [2.45, 2.75) is 38.9 Å². The molecule has 1 saturated heterocycles. The second-order valence-corrected chi connectivity index (χ2v) is 7.05. The Labute approximate surface area is 170 Å². The molecule has 0 bridgehead atoms. The molecule has 6 atom stereocenters. The maximum Gasteiger partial charge on any atom is 0.309 e. The van der Waals surface area contributed by atoms with Crippen molar-refractivity contribution in [2.24, 2.45) is 23.7 Å². The second kappa shape index (κ2) is 11.4. The molecule has 1 rings (SSSR count). The molecular weight excluding hydrogens is 380 g/mol. The Balaban J connectivity index is 3.20. The highest BCUT2D eigenvalue weighted by atomic mass is 16.5. The normalized spacial score (nSPS) is 25.9. The second-order valence-electron chi connectivity index (χ2n) is 7.05. The van der Waals surface area contributed by atoms with Crippen molar-refractivity contribution in [3.05, 3.63) is 25.3 Å². The lowest BCUT2D eigenvalue weighted by molar-refractivity contribution is -0.184. The van der Waals surface area contributed by atoms with E-state index < -0.39 is 59.6 Å². The smallest absolute Gasteiger partial charge is 0.309 e. The van der Waals surface area contributed by atoms with E-state index in [1.165, 1.54) is 19.1 Å². The monoisotopic (exact) mass is 410 g/mol. The van der Waals surface area contributed by atoms with Crippen LogP contribution in [0.25, 0.3) is 0 Å². The zero-order chi connectivity index (χ0) is 22.1. The topological polar surface area (TPSA) is 142 Å². The van der Waals surface area contributed by atoms with Gasteiger partial charge in [-0.1, -0.05) is 26.0 Å². The van der Waals surface area contributed by atoms with Gasteiger partial charge in [0.1, 0.15) is 0 Å². The lowest BCUT2D eigenvalue weighted by atomic mass is 9.74. The molecule has 0 aliphatic carbocycles. The Morgan fingerprint density at radius 3 is 2.21 bits per heavy atom. The number of carbonyl (C=O) groups is 4. The maximum atomic E-state index is 12.6. The van der Waals surface area contributed by atoms with Crippen LogP contribution in [0.5, 0.6) is 0 Å².